The molecule has 0 N–H and O–H groups in total. The van der Waals surface area contributed by atoms with E-state index in [0.717, 1.165) is 16.9 Å². The number of carbonyl (C=O) groups excluding carboxylic acids is 1. The molecule has 2 aromatic rings. The van der Waals surface area contributed by atoms with Crippen LogP contribution >= 0.6 is 11.6 Å². The van der Waals surface area contributed by atoms with Gasteiger partial charge in [-0.3, -0.25) is 4.79 Å². The van der Waals surface area contributed by atoms with Crippen LogP contribution < -0.4 is 4.74 Å². The molecule has 2 aromatic carbocycles. The number of aryl methyl sites for hydroxylation is 2. The lowest BCUT2D eigenvalue weighted by molar-refractivity contribution is 0.101. The number of rotatable bonds is 3. The molecule has 0 spiro atoms. The van der Waals surface area contributed by atoms with E-state index < -0.39 is 0 Å². The van der Waals surface area contributed by atoms with Gasteiger partial charge in [-0.05, 0) is 56.2 Å². The zero-order chi connectivity index (χ0) is 14.0. The summed E-state index contributed by atoms with van der Waals surface area (Å²) < 4.78 is 5.76. The normalized spacial score (nSPS) is 10.3. The summed E-state index contributed by atoms with van der Waals surface area (Å²) >= 11 is 6.05. The second-order valence-electron chi connectivity index (χ2n) is 4.62. The van der Waals surface area contributed by atoms with Gasteiger partial charge in [-0.25, -0.2) is 0 Å². The smallest absolute Gasteiger partial charge is 0.161 e. The summed E-state index contributed by atoms with van der Waals surface area (Å²) in [4.78, 5) is 11.3. The van der Waals surface area contributed by atoms with Crippen molar-refractivity contribution in [2.24, 2.45) is 0 Å². The van der Waals surface area contributed by atoms with Gasteiger partial charge in [0, 0.05) is 11.6 Å². The van der Waals surface area contributed by atoms with Crippen LogP contribution in [0.25, 0.3) is 0 Å². The first-order chi connectivity index (χ1) is 8.95. The highest BCUT2D eigenvalue weighted by atomic mass is 35.5. The Morgan fingerprint density at radius 3 is 2.16 bits per heavy atom. The number of carbonyl (C=O) groups is 1. The van der Waals surface area contributed by atoms with E-state index in [9.17, 15) is 4.79 Å². The monoisotopic (exact) mass is 274 g/mol. The molecular formula is C16H15ClO2. The minimum atomic E-state index is -0.0528. The van der Waals surface area contributed by atoms with Gasteiger partial charge in [0.25, 0.3) is 0 Å². The quantitative estimate of drug-likeness (QED) is 0.740. The Labute approximate surface area is 118 Å². The van der Waals surface area contributed by atoms with Crippen molar-refractivity contribution >= 4 is 17.4 Å². The molecule has 0 aliphatic heterocycles. The fourth-order valence-corrected chi connectivity index (χ4v) is 2.28. The summed E-state index contributed by atoms with van der Waals surface area (Å²) in [6.45, 7) is 5.53. The topological polar surface area (TPSA) is 26.3 Å². The van der Waals surface area contributed by atoms with Crippen LogP contribution in [-0.2, 0) is 0 Å². The molecule has 2 rings (SSSR count). The second kappa shape index (κ2) is 5.45. The Morgan fingerprint density at radius 2 is 1.63 bits per heavy atom. The van der Waals surface area contributed by atoms with E-state index in [0.29, 0.717) is 16.3 Å². The maximum Gasteiger partial charge on any atom is 0.161 e. The summed E-state index contributed by atoms with van der Waals surface area (Å²) in [7, 11) is 0. The fourth-order valence-electron chi connectivity index (χ4n) is 1.97. The van der Waals surface area contributed by atoms with Crippen molar-refractivity contribution in [1.82, 2.24) is 0 Å². The Morgan fingerprint density at radius 1 is 1.00 bits per heavy atom. The summed E-state index contributed by atoms with van der Waals surface area (Å²) in [6.07, 6.45) is 0. The highest BCUT2D eigenvalue weighted by Gasteiger charge is 2.07. The van der Waals surface area contributed by atoms with Gasteiger partial charge in [0.05, 0.1) is 5.02 Å². The van der Waals surface area contributed by atoms with Gasteiger partial charge in [-0.1, -0.05) is 17.7 Å². The predicted molar refractivity (Wildman–Crippen MR) is 77.4 cm³/mol. The number of Topliss-reactive ketones (excluding diaryl/α,β-unsaturated/α-hetero) is 1. The maximum atomic E-state index is 11.3. The first-order valence-corrected chi connectivity index (χ1v) is 6.40. The van der Waals surface area contributed by atoms with Crippen LogP contribution in [-0.4, -0.2) is 5.78 Å². The number of hydrogen-bond acceptors (Lipinski definition) is 2. The zero-order valence-electron chi connectivity index (χ0n) is 11.2. The van der Waals surface area contributed by atoms with Gasteiger partial charge < -0.3 is 4.74 Å². The molecule has 0 fully saturated rings. The molecule has 0 amide bonds. The van der Waals surface area contributed by atoms with Crippen molar-refractivity contribution < 1.29 is 9.53 Å². The average molecular weight is 275 g/mol. The summed E-state index contributed by atoms with van der Waals surface area (Å²) in [5.74, 6) is 1.34. The highest BCUT2D eigenvalue weighted by molar-refractivity contribution is 6.34. The number of halogens is 1. The molecule has 0 bridgehead atoms. The Hall–Kier alpha value is -1.80. The van der Waals surface area contributed by atoms with Crippen LogP contribution in [0.2, 0.25) is 5.02 Å². The standard InChI is InChI=1S/C16H15ClO2/c1-10-6-11(2)8-14(7-10)19-13-4-5-15(12(3)18)16(17)9-13/h4-9H,1-3H3. The minimum absolute atomic E-state index is 0.0528. The second-order valence-corrected chi connectivity index (χ2v) is 5.03. The molecule has 3 heteroatoms. The van der Waals surface area contributed by atoms with E-state index in [4.69, 9.17) is 16.3 Å². The van der Waals surface area contributed by atoms with Crippen LogP contribution in [0.5, 0.6) is 11.5 Å². The maximum absolute atomic E-state index is 11.3. The van der Waals surface area contributed by atoms with Crippen LogP contribution in [0.4, 0.5) is 0 Å². The third-order valence-electron chi connectivity index (χ3n) is 2.75. The van der Waals surface area contributed by atoms with Crippen molar-refractivity contribution in [2.45, 2.75) is 20.8 Å². The van der Waals surface area contributed by atoms with E-state index in [2.05, 4.69) is 6.07 Å². The van der Waals surface area contributed by atoms with Crippen LogP contribution in [0.15, 0.2) is 36.4 Å². The summed E-state index contributed by atoms with van der Waals surface area (Å²) in [6, 6.07) is 11.1. The third kappa shape index (κ3) is 3.36. The van der Waals surface area contributed by atoms with Gasteiger partial charge in [0.1, 0.15) is 11.5 Å². The SMILES string of the molecule is CC(=O)c1ccc(Oc2cc(C)cc(C)c2)cc1Cl. The average Bonchev–Trinajstić information content (AvgIpc) is 2.26. The largest absolute Gasteiger partial charge is 0.457 e. The third-order valence-corrected chi connectivity index (χ3v) is 3.06. The van der Waals surface area contributed by atoms with Gasteiger partial charge in [-0.2, -0.15) is 0 Å². The molecule has 0 unspecified atom stereocenters. The minimum Gasteiger partial charge on any atom is -0.457 e. The molecule has 98 valence electrons. The number of ether oxygens (including phenoxy) is 1. The number of ketones is 1. The molecular weight excluding hydrogens is 260 g/mol. The lowest BCUT2D eigenvalue weighted by Crippen LogP contribution is -1.94. The van der Waals surface area contributed by atoms with Gasteiger partial charge in [0.2, 0.25) is 0 Å². The van der Waals surface area contributed by atoms with E-state index in [1.165, 1.54) is 6.92 Å². The van der Waals surface area contributed by atoms with E-state index >= 15 is 0 Å². The summed E-state index contributed by atoms with van der Waals surface area (Å²) in [5, 5.41) is 0.411. The lowest BCUT2D eigenvalue weighted by atomic mass is 10.1. The first-order valence-electron chi connectivity index (χ1n) is 6.02. The van der Waals surface area contributed by atoms with Crippen molar-refractivity contribution in [3.8, 4) is 11.5 Å². The molecule has 0 heterocycles. The van der Waals surface area contributed by atoms with Crippen molar-refractivity contribution in [3.05, 3.63) is 58.1 Å². The molecule has 0 aliphatic carbocycles. The van der Waals surface area contributed by atoms with Gasteiger partial charge in [0.15, 0.2) is 5.78 Å². The molecule has 0 aromatic heterocycles. The van der Waals surface area contributed by atoms with Crippen molar-refractivity contribution in [2.75, 3.05) is 0 Å². The van der Waals surface area contributed by atoms with Crippen LogP contribution in [0.1, 0.15) is 28.4 Å². The zero-order valence-corrected chi connectivity index (χ0v) is 11.9. The number of benzene rings is 2. The molecule has 0 radical (unpaired) electrons. The summed E-state index contributed by atoms with van der Waals surface area (Å²) in [5.41, 5.74) is 2.79. The molecule has 0 aliphatic rings. The van der Waals surface area contributed by atoms with Gasteiger partial charge >= 0.3 is 0 Å². The van der Waals surface area contributed by atoms with Crippen LogP contribution in [0, 0.1) is 13.8 Å². The Bertz CT molecular complexity index is 612. The number of hydrogen-bond donors (Lipinski definition) is 0. The Balaban J connectivity index is 2.28. The fraction of sp³-hybridized carbons (Fsp3) is 0.188. The molecule has 0 atom stereocenters. The lowest BCUT2D eigenvalue weighted by Gasteiger charge is -2.09. The van der Waals surface area contributed by atoms with E-state index in [1.807, 2.05) is 26.0 Å². The Kier molecular flexibility index (Phi) is 3.91. The van der Waals surface area contributed by atoms with Crippen molar-refractivity contribution in [1.29, 1.82) is 0 Å². The predicted octanol–water partition coefficient (Wildman–Crippen LogP) is 4.95. The molecule has 2 nitrogen and oxygen atoms in total. The van der Waals surface area contributed by atoms with Crippen molar-refractivity contribution in [3.63, 3.8) is 0 Å². The van der Waals surface area contributed by atoms with E-state index in [-0.39, 0.29) is 5.78 Å². The van der Waals surface area contributed by atoms with E-state index in [1.54, 1.807) is 18.2 Å². The molecule has 0 saturated carbocycles. The first kappa shape index (κ1) is 13.6. The highest BCUT2D eigenvalue weighted by Crippen LogP contribution is 2.28. The molecule has 19 heavy (non-hydrogen) atoms. The molecule has 0 saturated heterocycles. The van der Waals surface area contributed by atoms with Gasteiger partial charge in [-0.15, -0.1) is 0 Å². The van der Waals surface area contributed by atoms with Crippen LogP contribution in [0.3, 0.4) is 0 Å².